The van der Waals surface area contributed by atoms with Gasteiger partial charge in [0, 0.05) is 12.5 Å². The maximum atomic E-state index is 12.4. The Morgan fingerprint density at radius 2 is 1.97 bits per heavy atom. The van der Waals surface area contributed by atoms with Gasteiger partial charge in [0.1, 0.15) is 17.3 Å². The van der Waals surface area contributed by atoms with Crippen LogP contribution in [0.1, 0.15) is 31.5 Å². The minimum atomic E-state index is 0.0215. The van der Waals surface area contributed by atoms with Crippen LogP contribution in [0.15, 0.2) is 42.5 Å². The monoisotopic (exact) mass is 422 g/mol. The quantitative estimate of drug-likeness (QED) is 0.568. The fraction of sp³-hybridized carbons (Fsp3) is 0.417. The van der Waals surface area contributed by atoms with Crippen molar-refractivity contribution in [3.63, 3.8) is 0 Å². The van der Waals surface area contributed by atoms with Gasteiger partial charge < -0.3 is 19.8 Å². The predicted molar refractivity (Wildman–Crippen MR) is 122 cm³/mol. The highest BCUT2D eigenvalue weighted by Gasteiger charge is 2.21. The van der Waals surface area contributed by atoms with E-state index in [9.17, 15) is 4.79 Å². The lowest BCUT2D eigenvalue weighted by Gasteiger charge is -2.31. The van der Waals surface area contributed by atoms with Crippen LogP contribution < -0.4 is 14.8 Å². The van der Waals surface area contributed by atoms with Gasteiger partial charge in [-0.3, -0.25) is 9.69 Å². The number of rotatable bonds is 8. The number of hydrogen-bond acceptors (Lipinski definition) is 5. The molecule has 7 nitrogen and oxygen atoms in total. The number of nitrogens with one attached hydrogen (secondary N) is 2. The smallest absolute Gasteiger partial charge is 0.224 e. The van der Waals surface area contributed by atoms with Crippen molar-refractivity contribution >= 4 is 22.6 Å². The van der Waals surface area contributed by atoms with Crippen LogP contribution in [0.5, 0.6) is 11.5 Å². The van der Waals surface area contributed by atoms with Gasteiger partial charge in [-0.05, 0) is 62.5 Å². The third-order valence-electron chi connectivity index (χ3n) is 5.98. The Morgan fingerprint density at radius 3 is 2.71 bits per heavy atom. The molecule has 1 aromatic heterocycles. The third kappa shape index (κ3) is 5.35. The van der Waals surface area contributed by atoms with Gasteiger partial charge in [0.2, 0.25) is 5.91 Å². The first-order chi connectivity index (χ1) is 15.1. The number of H-pyrrole nitrogens is 1. The van der Waals surface area contributed by atoms with Crippen LogP contribution in [-0.2, 0) is 11.3 Å². The molecule has 2 N–H and O–H groups in total. The van der Waals surface area contributed by atoms with Gasteiger partial charge in [-0.1, -0.05) is 12.1 Å². The number of likely N-dealkylation sites (tertiary alicyclic amines) is 1. The molecule has 2 heterocycles. The van der Waals surface area contributed by atoms with Gasteiger partial charge in [-0.25, -0.2) is 4.98 Å². The number of para-hydroxylation sites is 2. The summed E-state index contributed by atoms with van der Waals surface area (Å²) in [5, 5.41) is 2.96. The van der Waals surface area contributed by atoms with E-state index in [0.717, 1.165) is 55.8 Å². The molecule has 1 saturated heterocycles. The first-order valence-electron chi connectivity index (χ1n) is 10.8. The highest BCUT2D eigenvalue weighted by atomic mass is 16.5. The van der Waals surface area contributed by atoms with E-state index >= 15 is 0 Å². The molecule has 1 aliphatic rings. The van der Waals surface area contributed by atoms with Gasteiger partial charge in [0.15, 0.2) is 0 Å². The number of benzene rings is 2. The van der Waals surface area contributed by atoms with Crippen LogP contribution >= 0.6 is 0 Å². The number of nitrogens with zero attached hydrogens (tertiary/aromatic N) is 2. The average Bonchev–Trinajstić information content (AvgIpc) is 3.21. The van der Waals surface area contributed by atoms with Crippen molar-refractivity contribution in [1.29, 1.82) is 0 Å². The Morgan fingerprint density at radius 1 is 1.16 bits per heavy atom. The molecule has 4 rings (SSSR count). The number of hydrogen-bond donors (Lipinski definition) is 2. The Kier molecular flexibility index (Phi) is 6.72. The molecule has 2 aromatic carbocycles. The summed E-state index contributed by atoms with van der Waals surface area (Å²) in [6, 6.07) is 13.5. The molecule has 0 atom stereocenters. The van der Waals surface area contributed by atoms with Gasteiger partial charge in [0.05, 0.1) is 37.5 Å². The minimum absolute atomic E-state index is 0.0215. The van der Waals surface area contributed by atoms with E-state index in [-0.39, 0.29) is 5.91 Å². The van der Waals surface area contributed by atoms with Crippen molar-refractivity contribution in [2.24, 2.45) is 5.92 Å². The first-order valence-corrected chi connectivity index (χ1v) is 10.8. The number of aromatic amines is 1. The summed E-state index contributed by atoms with van der Waals surface area (Å²) in [5.74, 6) is 2.92. The second-order valence-electron chi connectivity index (χ2n) is 8.07. The van der Waals surface area contributed by atoms with E-state index < -0.39 is 0 Å². The SMILES string of the molecule is COc1ccc(NC(=O)CCC2CCN(Cc3nc4ccccc4[nH]3)CC2)c(OC)c1. The van der Waals surface area contributed by atoms with Crippen LogP contribution in [0.25, 0.3) is 11.0 Å². The van der Waals surface area contributed by atoms with Crippen molar-refractivity contribution in [1.82, 2.24) is 14.9 Å². The molecule has 1 fully saturated rings. The van der Waals surface area contributed by atoms with Gasteiger partial charge in [-0.15, -0.1) is 0 Å². The van der Waals surface area contributed by atoms with Crippen LogP contribution in [-0.4, -0.2) is 48.1 Å². The zero-order chi connectivity index (χ0) is 21.6. The van der Waals surface area contributed by atoms with E-state index in [1.165, 1.54) is 0 Å². The van der Waals surface area contributed by atoms with E-state index in [1.807, 2.05) is 30.3 Å². The lowest BCUT2D eigenvalue weighted by atomic mass is 9.92. The Balaban J connectivity index is 1.21. The summed E-state index contributed by atoms with van der Waals surface area (Å²) in [4.78, 5) is 23.0. The molecule has 164 valence electrons. The zero-order valence-electron chi connectivity index (χ0n) is 18.2. The highest BCUT2D eigenvalue weighted by molar-refractivity contribution is 5.92. The Labute approximate surface area is 182 Å². The first kappa shape index (κ1) is 21.2. The van der Waals surface area contributed by atoms with Crippen LogP contribution in [0.2, 0.25) is 0 Å². The zero-order valence-corrected chi connectivity index (χ0v) is 18.2. The average molecular weight is 423 g/mol. The predicted octanol–water partition coefficient (Wildman–Crippen LogP) is 4.21. The van der Waals surface area contributed by atoms with Crippen molar-refractivity contribution in [3.05, 3.63) is 48.3 Å². The standard InChI is InChI=1S/C24H30N4O3/c1-30-18-8-9-21(22(15-18)31-2)27-24(29)10-7-17-11-13-28(14-12-17)16-23-25-19-5-3-4-6-20(19)26-23/h3-6,8-9,15,17H,7,10-14,16H2,1-2H3,(H,25,26)(H,27,29). The molecule has 1 aliphatic heterocycles. The molecule has 0 aliphatic carbocycles. The van der Waals surface area contributed by atoms with Gasteiger partial charge in [0.25, 0.3) is 0 Å². The van der Waals surface area contributed by atoms with E-state index in [4.69, 9.17) is 9.47 Å². The number of carbonyl (C=O) groups is 1. The van der Waals surface area contributed by atoms with Gasteiger partial charge in [-0.2, -0.15) is 0 Å². The number of anilines is 1. The summed E-state index contributed by atoms with van der Waals surface area (Å²) in [6.45, 7) is 2.92. The second kappa shape index (κ2) is 9.83. The second-order valence-corrected chi connectivity index (χ2v) is 8.07. The van der Waals surface area contributed by atoms with Crippen molar-refractivity contribution < 1.29 is 14.3 Å². The fourth-order valence-electron chi connectivity index (χ4n) is 4.18. The lowest BCUT2D eigenvalue weighted by molar-refractivity contribution is -0.116. The minimum Gasteiger partial charge on any atom is -0.497 e. The Bertz CT molecular complexity index is 992. The molecule has 0 saturated carbocycles. The normalized spacial score (nSPS) is 15.2. The summed E-state index contributed by atoms with van der Waals surface area (Å²) >= 11 is 0. The summed E-state index contributed by atoms with van der Waals surface area (Å²) in [7, 11) is 3.19. The summed E-state index contributed by atoms with van der Waals surface area (Å²) < 4.78 is 10.6. The number of amides is 1. The maximum Gasteiger partial charge on any atom is 0.224 e. The van der Waals surface area contributed by atoms with Crippen molar-refractivity contribution in [2.45, 2.75) is 32.2 Å². The van der Waals surface area contributed by atoms with Gasteiger partial charge >= 0.3 is 0 Å². The molecule has 3 aromatic rings. The van der Waals surface area contributed by atoms with Crippen molar-refractivity contribution in [2.75, 3.05) is 32.6 Å². The topological polar surface area (TPSA) is 79.5 Å². The van der Waals surface area contributed by atoms with E-state index in [0.29, 0.717) is 29.5 Å². The summed E-state index contributed by atoms with van der Waals surface area (Å²) in [6.07, 6.45) is 3.64. The number of aromatic nitrogens is 2. The maximum absolute atomic E-state index is 12.4. The number of imidazole rings is 1. The largest absolute Gasteiger partial charge is 0.497 e. The van der Waals surface area contributed by atoms with Crippen LogP contribution in [0.4, 0.5) is 5.69 Å². The van der Waals surface area contributed by atoms with Crippen molar-refractivity contribution in [3.8, 4) is 11.5 Å². The van der Waals surface area contributed by atoms with Crippen LogP contribution in [0.3, 0.4) is 0 Å². The molecule has 0 unspecified atom stereocenters. The molecular formula is C24H30N4O3. The summed E-state index contributed by atoms with van der Waals surface area (Å²) in [5.41, 5.74) is 2.78. The number of fused-ring (bicyclic) bond motifs is 1. The van der Waals surface area contributed by atoms with E-state index in [2.05, 4.69) is 26.3 Å². The fourth-order valence-corrected chi connectivity index (χ4v) is 4.18. The molecule has 7 heteroatoms. The number of carbonyl (C=O) groups excluding carboxylic acids is 1. The number of piperidine rings is 1. The molecule has 0 radical (unpaired) electrons. The molecule has 31 heavy (non-hydrogen) atoms. The highest BCUT2D eigenvalue weighted by Crippen LogP contribution is 2.29. The molecule has 1 amide bonds. The number of ether oxygens (including phenoxy) is 2. The Hall–Kier alpha value is -3.06. The van der Waals surface area contributed by atoms with Crippen LogP contribution in [0, 0.1) is 5.92 Å². The van der Waals surface area contributed by atoms with E-state index in [1.54, 1.807) is 20.3 Å². The molecular weight excluding hydrogens is 392 g/mol. The molecule has 0 bridgehead atoms. The lowest BCUT2D eigenvalue weighted by Crippen LogP contribution is -2.33. The number of methoxy groups -OCH3 is 2. The third-order valence-corrected chi connectivity index (χ3v) is 5.98. The molecule has 0 spiro atoms.